The minimum absolute atomic E-state index is 0.183. The number of hydrogen-bond donors (Lipinski definition) is 2. The Kier molecular flexibility index (Phi) is 3.25. The van der Waals surface area contributed by atoms with Gasteiger partial charge in [-0.2, -0.15) is 0 Å². The summed E-state index contributed by atoms with van der Waals surface area (Å²) in [6.45, 7) is 0. The molecule has 1 fully saturated rings. The second-order valence-corrected chi connectivity index (χ2v) is 2.97. The van der Waals surface area contributed by atoms with Crippen LogP contribution in [0.25, 0.3) is 0 Å². The number of carbonyl (C=O) groups excluding carboxylic acids is 3. The summed E-state index contributed by atoms with van der Waals surface area (Å²) in [6, 6.07) is -0.621. The van der Waals surface area contributed by atoms with Crippen LogP contribution in [-0.2, 0) is 14.4 Å². The van der Waals surface area contributed by atoms with Gasteiger partial charge in [0.15, 0.2) is 0 Å². The van der Waals surface area contributed by atoms with Crippen molar-refractivity contribution in [1.82, 2.24) is 10.6 Å². The summed E-state index contributed by atoms with van der Waals surface area (Å²) >= 11 is 5.24. The maximum Gasteiger partial charge on any atom is 0.249 e. The molecule has 0 bridgehead atoms. The predicted octanol–water partition coefficient (Wildman–Crippen LogP) is -0.853. The third-order valence-corrected chi connectivity index (χ3v) is 1.94. The molecule has 0 aliphatic carbocycles. The Labute approximate surface area is 79.8 Å². The molecule has 1 heterocycles. The quantitative estimate of drug-likeness (QED) is 0.454. The fourth-order valence-corrected chi connectivity index (χ4v) is 1.14. The van der Waals surface area contributed by atoms with Gasteiger partial charge < -0.3 is 5.32 Å². The molecule has 0 unspecified atom stereocenters. The van der Waals surface area contributed by atoms with E-state index in [0.29, 0.717) is 6.42 Å². The number of imide groups is 1. The fraction of sp³-hybridized carbons (Fsp3) is 0.571. The maximum atomic E-state index is 11.1. The minimum Gasteiger partial charge on any atom is -0.343 e. The summed E-state index contributed by atoms with van der Waals surface area (Å²) in [5.74, 6) is -1.36. The Balaban J connectivity index is 2.47. The highest BCUT2D eigenvalue weighted by Crippen LogP contribution is 2.03. The number of piperidine rings is 1. The van der Waals surface area contributed by atoms with Gasteiger partial charge in [-0.3, -0.25) is 19.7 Å². The van der Waals surface area contributed by atoms with E-state index in [9.17, 15) is 14.4 Å². The first-order valence-corrected chi connectivity index (χ1v) is 4.36. The van der Waals surface area contributed by atoms with Crippen LogP contribution in [0.3, 0.4) is 0 Å². The molecular weight excluding hydrogens is 196 g/mol. The lowest BCUT2D eigenvalue weighted by atomic mass is 10.1. The van der Waals surface area contributed by atoms with E-state index in [4.69, 9.17) is 11.6 Å². The smallest absolute Gasteiger partial charge is 0.249 e. The summed E-state index contributed by atoms with van der Waals surface area (Å²) in [7, 11) is 0. The van der Waals surface area contributed by atoms with Gasteiger partial charge in [-0.15, -0.1) is 11.6 Å². The molecule has 3 amide bonds. The molecule has 5 nitrogen and oxygen atoms in total. The normalized spacial score (nSPS) is 22.4. The van der Waals surface area contributed by atoms with Crippen LogP contribution in [0.15, 0.2) is 0 Å². The monoisotopic (exact) mass is 204 g/mol. The first kappa shape index (κ1) is 9.98. The Morgan fingerprint density at radius 1 is 1.62 bits per heavy atom. The molecule has 1 aliphatic rings. The van der Waals surface area contributed by atoms with Crippen LogP contribution in [0.4, 0.5) is 0 Å². The maximum absolute atomic E-state index is 11.1. The average molecular weight is 205 g/mol. The standard InChI is InChI=1S/C7H9ClN2O3/c8-3-6(12)9-4-1-2-5(11)10-7(4)13/h4H,1-3H2,(H,9,12)(H,10,11,13)/t4-/m1/s1. The second-order valence-electron chi connectivity index (χ2n) is 2.70. The lowest BCUT2D eigenvalue weighted by Crippen LogP contribution is -2.52. The van der Waals surface area contributed by atoms with Crippen LogP contribution < -0.4 is 10.6 Å². The van der Waals surface area contributed by atoms with E-state index >= 15 is 0 Å². The molecule has 72 valence electrons. The lowest BCUT2D eigenvalue weighted by molar-refractivity contribution is -0.136. The number of hydrogen-bond acceptors (Lipinski definition) is 3. The summed E-state index contributed by atoms with van der Waals surface area (Å²) in [6.07, 6.45) is 0.590. The topological polar surface area (TPSA) is 75.3 Å². The van der Waals surface area contributed by atoms with Crippen molar-refractivity contribution in [2.75, 3.05) is 5.88 Å². The van der Waals surface area contributed by atoms with Crippen LogP contribution in [-0.4, -0.2) is 29.6 Å². The number of halogens is 1. The largest absolute Gasteiger partial charge is 0.343 e. The van der Waals surface area contributed by atoms with Crippen LogP contribution in [0.5, 0.6) is 0 Å². The van der Waals surface area contributed by atoms with Crippen molar-refractivity contribution < 1.29 is 14.4 Å². The zero-order valence-corrected chi connectivity index (χ0v) is 7.56. The van der Waals surface area contributed by atoms with Crippen molar-refractivity contribution in [3.8, 4) is 0 Å². The molecule has 1 rings (SSSR count). The minimum atomic E-state index is -0.621. The van der Waals surface area contributed by atoms with E-state index in [1.165, 1.54) is 0 Å². The van der Waals surface area contributed by atoms with Crippen LogP contribution in [0.1, 0.15) is 12.8 Å². The van der Waals surface area contributed by atoms with Crippen LogP contribution in [0, 0.1) is 0 Å². The molecule has 0 radical (unpaired) electrons. The van der Waals surface area contributed by atoms with Crippen molar-refractivity contribution >= 4 is 29.3 Å². The summed E-state index contributed by atoms with van der Waals surface area (Å²) < 4.78 is 0. The van der Waals surface area contributed by atoms with Crippen molar-refractivity contribution in [1.29, 1.82) is 0 Å². The molecule has 0 aromatic heterocycles. The molecule has 2 N–H and O–H groups in total. The van der Waals surface area contributed by atoms with E-state index < -0.39 is 17.9 Å². The lowest BCUT2D eigenvalue weighted by Gasteiger charge is -2.21. The highest BCUT2D eigenvalue weighted by Gasteiger charge is 2.27. The third-order valence-electron chi connectivity index (χ3n) is 1.70. The molecule has 0 saturated carbocycles. The number of alkyl halides is 1. The van der Waals surface area contributed by atoms with Gasteiger partial charge in [0.1, 0.15) is 11.9 Å². The molecule has 13 heavy (non-hydrogen) atoms. The van der Waals surface area contributed by atoms with Crippen molar-refractivity contribution in [2.24, 2.45) is 0 Å². The Morgan fingerprint density at radius 3 is 2.85 bits per heavy atom. The molecule has 0 aromatic carbocycles. The predicted molar refractivity (Wildman–Crippen MR) is 45.0 cm³/mol. The van der Waals surface area contributed by atoms with Crippen molar-refractivity contribution in [3.05, 3.63) is 0 Å². The van der Waals surface area contributed by atoms with Crippen molar-refractivity contribution in [2.45, 2.75) is 18.9 Å². The molecular formula is C7H9ClN2O3. The van der Waals surface area contributed by atoms with Gasteiger partial charge in [0.05, 0.1) is 0 Å². The molecule has 1 aliphatic heterocycles. The van der Waals surface area contributed by atoms with Gasteiger partial charge in [-0.1, -0.05) is 0 Å². The third kappa shape index (κ3) is 2.69. The molecule has 6 heteroatoms. The SMILES string of the molecule is O=C1CC[C@@H](NC(=O)CCl)C(=O)N1. The van der Waals surface area contributed by atoms with Crippen LogP contribution in [0.2, 0.25) is 0 Å². The number of amides is 3. The summed E-state index contributed by atoms with van der Waals surface area (Å²) in [5, 5.41) is 4.53. The molecule has 0 spiro atoms. The highest BCUT2D eigenvalue weighted by molar-refractivity contribution is 6.27. The molecule has 0 aromatic rings. The first-order valence-electron chi connectivity index (χ1n) is 3.82. The second kappa shape index (κ2) is 4.23. The zero-order valence-electron chi connectivity index (χ0n) is 6.80. The van der Waals surface area contributed by atoms with Gasteiger partial charge in [0.25, 0.3) is 0 Å². The van der Waals surface area contributed by atoms with E-state index in [2.05, 4.69) is 10.6 Å². The van der Waals surface area contributed by atoms with Gasteiger partial charge in [0.2, 0.25) is 17.7 Å². The van der Waals surface area contributed by atoms with Gasteiger partial charge >= 0.3 is 0 Å². The Hall–Kier alpha value is -1.10. The summed E-state index contributed by atoms with van der Waals surface area (Å²) in [5.41, 5.74) is 0. The van der Waals surface area contributed by atoms with Gasteiger partial charge in [0, 0.05) is 6.42 Å². The summed E-state index contributed by atoms with van der Waals surface area (Å²) in [4.78, 5) is 32.6. The van der Waals surface area contributed by atoms with Gasteiger partial charge in [-0.25, -0.2) is 0 Å². The van der Waals surface area contributed by atoms with Gasteiger partial charge in [-0.05, 0) is 6.42 Å². The zero-order chi connectivity index (χ0) is 9.84. The number of carbonyl (C=O) groups is 3. The average Bonchev–Trinajstić information content (AvgIpc) is 2.09. The first-order chi connectivity index (χ1) is 6.13. The number of nitrogens with one attached hydrogen (secondary N) is 2. The van der Waals surface area contributed by atoms with E-state index in [1.807, 2.05) is 0 Å². The van der Waals surface area contributed by atoms with Crippen LogP contribution >= 0.6 is 11.6 Å². The van der Waals surface area contributed by atoms with E-state index in [0.717, 1.165) is 0 Å². The van der Waals surface area contributed by atoms with E-state index in [-0.39, 0.29) is 18.2 Å². The fourth-order valence-electron chi connectivity index (χ4n) is 1.06. The Bertz CT molecular complexity index is 254. The Morgan fingerprint density at radius 2 is 2.31 bits per heavy atom. The highest BCUT2D eigenvalue weighted by atomic mass is 35.5. The molecule has 1 saturated heterocycles. The molecule has 1 atom stereocenters. The van der Waals surface area contributed by atoms with E-state index in [1.54, 1.807) is 0 Å². The van der Waals surface area contributed by atoms with Crippen molar-refractivity contribution in [3.63, 3.8) is 0 Å². The number of rotatable bonds is 2.